The number of H-pyrrole nitrogens is 1. The molecular formula is C13H15N3O4S. The Bertz CT molecular complexity index is 735. The summed E-state index contributed by atoms with van der Waals surface area (Å²) in [4.78, 5) is 11.3. The van der Waals surface area contributed by atoms with Gasteiger partial charge in [-0.1, -0.05) is 12.1 Å². The molecule has 0 aliphatic rings. The topological polar surface area (TPSA) is 101 Å². The van der Waals surface area contributed by atoms with Gasteiger partial charge >= 0.3 is 5.97 Å². The van der Waals surface area contributed by atoms with E-state index in [9.17, 15) is 13.2 Å². The molecule has 2 aromatic rings. The van der Waals surface area contributed by atoms with Gasteiger partial charge in [0.1, 0.15) is 5.82 Å². The minimum absolute atomic E-state index is 0.201. The Morgan fingerprint density at radius 1 is 1.33 bits per heavy atom. The largest absolute Gasteiger partial charge is 0.465 e. The fraction of sp³-hybridized carbons (Fsp3) is 0.231. The van der Waals surface area contributed by atoms with Crippen molar-refractivity contribution in [2.75, 3.05) is 11.8 Å². The highest BCUT2D eigenvalue weighted by Gasteiger charge is 2.14. The Hall–Kier alpha value is -2.35. The summed E-state index contributed by atoms with van der Waals surface area (Å²) in [7, 11) is -2.27. The molecule has 8 heteroatoms. The van der Waals surface area contributed by atoms with Crippen LogP contribution in [0.1, 0.15) is 21.5 Å². The quantitative estimate of drug-likeness (QED) is 0.814. The number of sulfonamides is 1. The summed E-state index contributed by atoms with van der Waals surface area (Å²) in [5, 5.41) is 6.33. The molecule has 0 saturated carbocycles. The lowest BCUT2D eigenvalue weighted by atomic mass is 10.1. The SMILES string of the molecule is COC(=O)c1ccc(CS(=O)(=O)Nc2[nH]ncc2C)cc1. The Morgan fingerprint density at radius 3 is 2.52 bits per heavy atom. The van der Waals surface area contributed by atoms with Crippen molar-refractivity contribution in [2.45, 2.75) is 12.7 Å². The summed E-state index contributed by atoms with van der Waals surface area (Å²) in [5.41, 5.74) is 1.64. The molecule has 0 amide bonds. The summed E-state index contributed by atoms with van der Waals surface area (Å²) < 4.78 is 31.1. The number of nitrogens with zero attached hydrogens (tertiary/aromatic N) is 1. The number of carbonyl (C=O) groups excluding carboxylic acids is 1. The van der Waals surface area contributed by atoms with Gasteiger partial charge in [-0.05, 0) is 24.6 Å². The van der Waals surface area contributed by atoms with Crippen LogP contribution < -0.4 is 4.72 Å². The number of aryl methyl sites for hydroxylation is 1. The smallest absolute Gasteiger partial charge is 0.337 e. The van der Waals surface area contributed by atoms with Crippen molar-refractivity contribution in [3.8, 4) is 0 Å². The zero-order chi connectivity index (χ0) is 15.5. The highest BCUT2D eigenvalue weighted by molar-refractivity contribution is 7.91. The van der Waals surface area contributed by atoms with Crippen LogP contribution in [0, 0.1) is 6.92 Å². The lowest BCUT2D eigenvalue weighted by Crippen LogP contribution is -2.16. The van der Waals surface area contributed by atoms with Crippen molar-refractivity contribution in [3.05, 3.63) is 47.2 Å². The van der Waals surface area contributed by atoms with Gasteiger partial charge < -0.3 is 4.74 Å². The zero-order valence-electron chi connectivity index (χ0n) is 11.6. The van der Waals surface area contributed by atoms with E-state index in [0.29, 0.717) is 22.5 Å². The van der Waals surface area contributed by atoms with Crippen molar-refractivity contribution >= 4 is 21.8 Å². The highest BCUT2D eigenvalue weighted by Crippen LogP contribution is 2.14. The first-order valence-electron chi connectivity index (χ1n) is 6.09. The molecule has 2 rings (SSSR count). The van der Waals surface area contributed by atoms with Gasteiger partial charge in [0.15, 0.2) is 0 Å². The molecule has 0 aliphatic heterocycles. The van der Waals surface area contributed by atoms with Gasteiger partial charge in [-0.2, -0.15) is 5.10 Å². The molecule has 112 valence electrons. The third kappa shape index (κ3) is 3.82. The second-order valence-electron chi connectivity index (χ2n) is 4.48. The molecule has 0 unspecified atom stereocenters. The molecule has 0 bridgehead atoms. The van der Waals surface area contributed by atoms with E-state index in [1.807, 2.05) is 0 Å². The summed E-state index contributed by atoms with van der Waals surface area (Å²) in [6.07, 6.45) is 1.53. The lowest BCUT2D eigenvalue weighted by Gasteiger charge is -2.07. The molecule has 2 N–H and O–H groups in total. The average molecular weight is 309 g/mol. The molecule has 0 aliphatic carbocycles. The van der Waals surface area contributed by atoms with Gasteiger partial charge in [-0.3, -0.25) is 9.82 Å². The first kappa shape index (κ1) is 15.0. The molecule has 7 nitrogen and oxygen atoms in total. The number of hydrogen-bond acceptors (Lipinski definition) is 5. The Morgan fingerprint density at radius 2 is 2.00 bits per heavy atom. The standard InChI is InChI=1S/C13H15N3O4S/c1-9-7-14-15-12(9)16-21(18,19)8-10-3-5-11(6-4-10)13(17)20-2/h3-7H,8H2,1-2H3,(H2,14,15,16). The number of carbonyl (C=O) groups is 1. The Balaban J connectivity index is 2.10. The molecule has 1 aromatic heterocycles. The van der Waals surface area contributed by atoms with E-state index in [1.54, 1.807) is 19.1 Å². The number of esters is 1. The maximum Gasteiger partial charge on any atom is 0.337 e. The first-order valence-corrected chi connectivity index (χ1v) is 7.74. The molecule has 21 heavy (non-hydrogen) atoms. The van der Waals surface area contributed by atoms with Crippen LogP contribution in [-0.4, -0.2) is 31.7 Å². The van der Waals surface area contributed by atoms with Crippen LogP contribution in [0.25, 0.3) is 0 Å². The van der Waals surface area contributed by atoms with Gasteiger partial charge in [0.05, 0.1) is 24.6 Å². The fourth-order valence-electron chi connectivity index (χ4n) is 1.72. The summed E-state index contributed by atoms with van der Waals surface area (Å²) >= 11 is 0. The maximum absolute atomic E-state index is 12.0. The fourth-order valence-corrected chi connectivity index (χ4v) is 2.94. The van der Waals surface area contributed by atoms with Gasteiger partial charge in [0.2, 0.25) is 10.0 Å². The van der Waals surface area contributed by atoms with Gasteiger partial charge in [-0.15, -0.1) is 0 Å². The van der Waals surface area contributed by atoms with E-state index in [1.165, 1.54) is 25.4 Å². The average Bonchev–Trinajstić information content (AvgIpc) is 2.83. The first-order chi connectivity index (χ1) is 9.91. The third-order valence-corrected chi connectivity index (χ3v) is 4.05. The molecule has 1 heterocycles. The molecule has 0 spiro atoms. The lowest BCUT2D eigenvalue weighted by molar-refractivity contribution is 0.0600. The van der Waals surface area contributed by atoms with Crippen LogP contribution in [0.4, 0.5) is 5.82 Å². The normalized spacial score (nSPS) is 11.1. The van der Waals surface area contributed by atoms with E-state index >= 15 is 0 Å². The number of aromatic nitrogens is 2. The van der Waals surface area contributed by atoms with Crippen molar-refractivity contribution in [3.63, 3.8) is 0 Å². The number of methoxy groups -OCH3 is 1. The molecular weight excluding hydrogens is 294 g/mol. The van der Waals surface area contributed by atoms with Gasteiger partial charge in [0.25, 0.3) is 0 Å². The van der Waals surface area contributed by atoms with E-state index in [0.717, 1.165) is 0 Å². The van der Waals surface area contributed by atoms with Crippen LogP contribution >= 0.6 is 0 Å². The van der Waals surface area contributed by atoms with Crippen molar-refractivity contribution < 1.29 is 17.9 Å². The predicted octanol–water partition coefficient (Wildman–Crippen LogP) is 1.45. The van der Waals surface area contributed by atoms with Crippen LogP contribution in [-0.2, 0) is 20.5 Å². The van der Waals surface area contributed by atoms with E-state index < -0.39 is 16.0 Å². The molecule has 1 aromatic carbocycles. The molecule has 0 radical (unpaired) electrons. The van der Waals surface area contributed by atoms with E-state index in [-0.39, 0.29) is 5.75 Å². The minimum atomic E-state index is -3.56. The summed E-state index contributed by atoms with van der Waals surface area (Å²) in [6, 6.07) is 6.20. The van der Waals surface area contributed by atoms with E-state index in [2.05, 4.69) is 19.7 Å². The number of hydrogen-bond donors (Lipinski definition) is 2. The number of aromatic amines is 1. The number of anilines is 1. The number of rotatable bonds is 5. The number of nitrogens with one attached hydrogen (secondary N) is 2. The summed E-state index contributed by atoms with van der Waals surface area (Å²) in [5.74, 6) is -0.316. The number of ether oxygens (including phenoxy) is 1. The summed E-state index contributed by atoms with van der Waals surface area (Å²) in [6.45, 7) is 1.74. The molecule has 0 atom stereocenters. The second kappa shape index (κ2) is 5.96. The predicted molar refractivity (Wildman–Crippen MR) is 77.4 cm³/mol. The van der Waals surface area contributed by atoms with Crippen molar-refractivity contribution in [2.24, 2.45) is 0 Å². The van der Waals surface area contributed by atoms with Gasteiger partial charge in [0, 0.05) is 5.56 Å². The van der Waals surface area contributed by atoms with Crippen molar-refractivity contribution in [1.82, 2.24) is 10.2 Å². The number of benzene rings is 1. The zero-order valence-corrected chi connectivity index (χ0v) is 12.4. The third-order valence-electron chi connectivity index (χ3n) is 2.82. The second-order valence-corrected chi connectivity index (χ2v) is 6.20. The minimum Gasteiger partial charge on any atom is -0.465 e. The Kier molecular flexibility index (Phi) is 4.27. The monoisotopic (exact) mass is 309 g/mol. The van der Waals surface area contributed by atoms with Crippen LogP contribution in [0.15, 0.2) is 30.5 Å². The van der Waals surface area contributed by atoms with E-state index in [4.69, 9.17) is 0 Å². The molecule has 0 fully saturated rings. The van der Waals surface area contributed by atoms with Crippen LogP contribution in [0.5, 0.6) is 0 Å². The molecule has 0 saturated heterocycles. The van der Waals surface area contributed by atoms with Crippen molar-refractivity contribution in [1.29, 1.82) is 0 Å². The van der Waals surface area contributed by atoms with Gasteiger partial charge in [-0.25, -0.2) is 13.2 Å². The van der Waals surface area contributed by atoms with Crippen LogP contribution in [0.2, 0.25) is 0 Å². The van der Waals surface area contributed by atoms with Crippen LogP contribution in [0.3, 0.4) is 0 Å². The maximum atomic E-state index is 12.0. The highest BCUT2D eigenvalue weighted by atomic mass is 32.2. The Labute approximate surface area is 122 Å².